The highest BCUT2D eigenvalue weighted by Crippen LogP contribution is 2.00. The predicted octanol–water partition coefficient (Wildman–Crippen LogP) is 1.10. The maximum absolute atomic E-state index is 5.12. The molecule has 0 spiro atoms. The zero-order chi connectivity index (χ0) is 5.11. The van der Waals surface area contributed by atoms with Gasteiger partial charge in [0.1, 0.15) is 0 Å². The topological polar surface area (TPSA) is 37.8 Å². The highest BCUT2D eigenvalue weighted by molar-refractivity contribution is 6.99. The minimum absolute atomic E-state index is 0.603. The van der Waals surface area contributed by atoms with Gasteiger partial charge >= 0.3 is 0 Å². The molecule has 7 heavy (non-hydrogen) atoms. The lowest BCUT2D eigenvalue weighted by Crippen LogP contribution is -1.74. The Bertz CT molecular complexity index is 127. The van der Waals surface area contributed by atoms with Crippen LogP contribution in [-0.2, 0) is 0 Å². The van der Waals surface area contributed by atoms with E-state index in [0.29, 0.717) is 5.82 Å². The van der Waals surface area contributed by atoms with Crippen LogP contribution < -0.4 is 4.84 Å². The first-order valence-electron chi connectivity index (χ1n) is 1.57. The SMILES string of the molecule is ClNc1cnsn1. The van der Waals surface area contributed by atoms with E-state index in [9.17, 15) is 0 Å². The Kier molecular flexibility index (Phi) is 1.43. The quantitative estimate of drug-likeness (QED) is 0.586. The monoisotopic (exact) mass is 135 g/mol. The standard InChI is InChI=1S/C2H2ClN3S/c3-5-2-1-4-7-6-2/h1H,(H,5,6). The summed E-state index contributed by atoms with van der Waals surface area (Å²) in [7, 11) is 0. The van der Waals surface area contributed by atoms with E-state index in [4.69, 9.17) is 11.8 Å². The zero-order valence-corrected chi connectivity index (χ0v) is 4.83. The molecule has 0 unspecified atom stereocenters. The summed E-state index contributed by atoms with van der Waals surface area (Å²) < 4.78 is 7.40. The first-order chi connectivity index (χ1) is 3.43. The summed E-state index contributed by atoms with van der Waals surface area (Å²) in [6.45, 7) is 0. The number of nitrogens with one attached hydrogen (secondary N) is 1. The van der Waals surface area contributed by atoms with Crippen molar-refractivity contribution in [2.45, 2.75) is 0 Å². The molecule has 38 valence electrons. The molecule has 1 N–H and O–H groups in total. The molecule has 1 heterocycles. The summed E-state index contributed by atoms with van der Waals surface area (Å²) in [6, 6.07) is 0. The van der Waals surface area contributed by atoms with Crippen molar-refractivity contribution >= 4 is 29.3 Å². The Hall–Kier alpha value is -0.350. The van der Waals surface area contributed by atoms with Gasteiger partial charge in [0.05, 0.1) is 17.9 Å². The van der Waals surface area contributed by atoms with Gasteiger partial charge in [-0.25, -0.2) is 0 Å². The average Bonchev–Trinajstić information content (AvgIpc) is 2.14. The molecule has 0 amide bonds. The number of hydrogen-bond donors (Lipinski definition) is 1. The Morgan fingerprint density at radius 2 is 2.71 bits per heavy atom. The van der Waals surface area contributed by atoms with Crippen molar-refractivity contribution in [1.82, 2.24) is 8.75 Å². The largest absolute Gasteiger partial charge is 0.280 e. The van der Waals surface area contributed by atoms with E-state index in [1.165, 1.54) is 0 Å². The van der Waals surface area contributed by atoms with Crippen molar-refractivity contribution < 1.29 is 0 Å². The second-order valence-corrected chi connectivity index (χ2v) is 1.63. The second kappa shape index (κ2) is 2.09. The van der Waals surface area contributed by atoms with Crippen LogP contribution in [0.4, 0.5) is 5.82 Å². The van der Waals surface area contributed by atoms with E-state index in [1.54, 1.807) is 6.20 Å². The van der Waals surface area contributed by atoms with Gasteiger partial charge in [0.25, 0.3) is 0 Å². The molecule has 0 bridgehead atoms. The summed E-state index contributed by atoms with van der Waals surface area (Å²) in [5.41, 5.74) is 0. The fourth-order valence-electron chi connectivity index (χ4n) is 0.206. The van der Waals surface area contributed by atoms with Crippen LogP contribution in [0.15, 0.2) is 6.20 Å². The highest BCUT2D eigenvalue weighted by atomic mass is 35.5. The third kappa shape index (κ3) is 1.01. The van der Waals surface area contributed by atoms with Crippen LogP contribution in [0.2, 0.25) is 0 Å². The number of hydrogen-bond acceptors (Lipinski definition) is 4. The lowest BCUT2D eigenvalue weighted by Gasteiger charge is -1.78. The molecular formula is C2H2ClN3S. The van der Waals surface area contributed by atoms with Gasteiger partial charge in [-0.15, -0.1) is 0 Å². The maximum Gasteiger partial charge on any atom is 0.174 e. The molecule has 0 fully saturated rings. The van der Waals surface area contributed by atoms with Gasteiger partial charge in [-0.1, -0.05) is 0 Å². The number of nitrogens with zero attached hydrogens (tertiary/aromatic N) is 2. The van der Waals surface area contributed by atoms with Crippen LogP contribution in [0.25, 0.3) is 0 Å². The number of aromatic nitrogens is 2. The molecule has 1 aromatic rings. The van der Waals surface area contributed by atoms with Crippen LogP contribution >= 0.6 is 23.5 Å². The minimum Gasteiger partial charge on any atom is -0.280 e. The summed E-state index contributed by atoms with van der Waals surface area (Å²) in [5, 5.41) is 0. The maximum atomic E-state index is 5.12. The van der Waals surface area contributed by atoms with E-state index in [2.05, 4.69) is 13.6 Å². The average molecular weight is 136 g/mol. The van der Waals surface area contributed by atoms with Gasteiger partial charge in [-0.2, -0.15) is 8.75 Å². The molecule has 3 nitrogen and oxygen atoms in total. The molecule has 0 aliphatic carbocycles. The summed E-state index contributed by atoms with van der Waals surface area (Å²) in [5.74, 6) is 0.603. The first kappa shape index (κ1) is 4.80. The molecular weight excluding hydrogens is 134 g/mol. The Labute approximate surface area is 49.8 Å². The van der Waals surface area contributed by atoms with Crippen LogP contribution in [0.1, 0.15) is 0 Å². The zero-order valence-electron chi connectivity index (χ0n) is 3.26. The van der Waals surface area contributed by atoms with E-state index in [-0.39, 0.29) is 0 Å². The number of rotatable bonds is 1. The fourth-order valence-corrected chi connectivity index (χ4v) is 0.722. The lowest BCUT2D eigenvalue weighted by molar-refractivity contribution is 1.52. The van der Waals surface area contributed by atoms with Gasteiger partial charge < -0.3 is 0 Å². The van der Waals surface area contributed by atoms with Gasteiger partial charge in [-0.05, 0) is 0 Å². The minimum atomic E-state index is 0.603. The van der Waals surface area contributed by atoms with E-state index >= 15 is 0 Å². The van der Waals surface area contributed by atoms with Crippen molar-refractivity contribution in [3.05, 3.63) is 6.20 Å². The van der Waals surface area contributed by atoms with E-state index in [1.807, 2.05) is 0 Å². The summed E-state index contributed by atoms with van der Waals surface area (Å²) >= 11 is 6.24. The van der Waals surface area contributed by atoms with Crippen LogP contribution in [0.3, 0.4) is 0 Å². The van der Waals surface area contributed by atoms with Crippen molar-refractivity contribution in [3.8, 4) is 0 Å². The molecule has 1 aromatic heterocycles. The number of halogens is 1. The molecule has 0 atom stereocenters. The van der Waals surface area contributed by atoms with Crippen molar-refractivity contribution in [2.24, 2.45) is 0 Å². The molecule has 0 aliphatic heterocycles. The highest BCUT2D eigenvalue weighted by Gasteiger charge is 1.86. The molecule has 0 aromatic carbocycles. The van der Waals surface area contributed by atoms with Crippen molar-refractivity contribution in [1.29, 1.82) is 0 Å². The molecule has 0 radical (unpaired) electrons. The smallest absolute Gasteiger partial charge is 0.174 e. The third-order valence-electron chi connectivity index (χ3n) is 0.458. The Morgan fingerprint density at radius 3 is 3.00 bits per heavy atom. The van der Waals surface area contributed by atoms with Crippen LogP contribution in [-0.4, -0.2) is 8.75 Å². The van der Waals surface area contributed by atoms with Gasteiger partial charge in [0.2, 0.25) is 0 Å². The van der Waals surface area contributed by atoms with Gasteiger partial charge in [-0.3, -0.25) is 4.84 Å². The van der Waals surface area contributed by atoms with Gasteiger partial charge in [0.15, 0.2) is 5.82 Å². The molecule has 0 saturated carbocycles. The Balaban J connectivity index is 2.76. The van der Waals surface area contributed by atoms with E-state index < -0.39 is 0 Å². The second-order valence-electron chi connectivity index (χ2n) is 0.887. The van der Waals surface area contributed by atoms with Crippen molar-refractivity contribution in [3.63, 3.8) is 0 Å². The normalized spacial score (nSPS) is 8.71. The van der Waals surface area contributed by atoms with E-state index in [0.717, 1.165) is 11.7 Å². The molecule has 0 saturated heterocycles. The molecule has 0 aliphatic rings. The van der Waals surface area contributed by atoms with Crippen molar-refractivity contribution in [2.75, 3.05) is 4.84 Å². The molecule has 5 heteroatoms. The summed E-state index contributed by atoms with van der Waals surface area (Å²) in [6.07, 6.45) is 1.55. The summed E-state index contributed by atoms with van der Waals surface area (Å²) in [4.78, 5) is 2.32. The van der Waals surface area contributed by atoms with Crippen LogP contribution in [0, 0.1) is 0 Å². The number of anilines is 1. The first-order valence-corrected chi connectivity index (χ1v) is 2.68. The Morgan fingerprint density at radius 1 is 1.86 bits per heavy atom. The van der Waals surface area contributed by atoms with Gasteiger partial charge in [0, 0.05) is 11.8 Å². The predicted molar refractivity (Wildman–Crippen MR) is 29.4 cm³/mol. The third-order valence-corrected chi connectivity index (χ3v) is 1.13. The molecule has 1 rings (SSSR count). The fraction of sp³-hybridized carbons (Fsp3) is 0. The van der Waals surface area contributed by atoms with Crippen LogP contribution in [0.5, 0.6) is 0 Å². The lowest BCUT2D eigenvalue weighted by atomic mass is 10.8.